The molecule has 0 saturated carbocycles. The van der Waals surface area contributed by atoms with Crippen molar-refractivity contribution in [2.45, 2.75) is 51.7 Å². The zero-order chi connectivity index (χ0) is 17.4. The molecule has 3 aliphatic heterocycles. The molecule has 0 aliphatic carbocycles. The number of nitrogens with zero attached hydrogens (tertiary/aromatic N) is 2. The highest BCUT2D eigenvalue weighted by Crippen LogP contribution is 2.33. The molecule has 2 saturated heterocycles. The lowest BCUT2D eigenvalue weighted by Gasteiger charge is -2.39. The Morgan fingerprint density at radius 2 is 2.20 bits per heavy atom. The van der Waals surface area contributed by atoms with Gasteiger partial charge >= 0.3 is 6.03 Å². The molecule has 1 N–H and O–H groups in total. The molecule has 2 atom stereocenters. The van der Waals surface area contributed by atoms with Crippen molar-refractivity contribution in [2.75, 3.05) is 32.8 Å². The van der Waals surface area contributed by atoms with Crippen molar-refractivity contribution >= 4 is 6.03 Å². The number of carbonyl (C=O) groups is 1. The predicted octanol–water partition coefficient (Wildman–Crippen LogP) is 2.62. The second-order valence-electron chi connectivity index (χ2n) is 7.71. The van der Waals surface area contributed by atoms with Crippen LogP contribution in [0.15, 0.2) is 12.1 Å². The number of hydrogen-bond acceptors (Lipinski definition) is 3. The molecule has 5 nitrogen and oxygen atoms in total. The molecule has 0 unspecified atom stereocenters. The minimum atomic E-state index is 0.164. The van der Waals surface area contributed by atoms with E-state index >= 15 is 0 Å². The molecule has 0 bridgehead atoms. The standard InChI is InChI=1S/C20H29N3O2/c1-14-10-16-5-7-22(20(24)23-8-9-25-13-15(23)2)12-18(16)17(11-14)19-4-3-6-21-19/h10-11,15,19,21H,3-9,12-13H2,1-2H3/t15-,19-/m0/s1. The molecule has 0 radical (unpaired) electrons. The van der Waals surface area contributed by atoms with Crippen LogP contribution in [0.25, 0.3) is 0 Å². The van der Waals surface area contributed by atoms with Crippen molar-refractivity contribution in [3.05, 3.63) is 34.4 Å². The fourth-order valence-corrected chi connectivity index (χ4v) is 4.48. The molecule has 0 spiro atoms. The molecule has 25 heavy (non-hydrogen) atoms. The number of fused-ring (bicyclic) bond motifs is 1. The number of morpholine rings is 1. The molecule has 2 amide bonds. The molecule has 3 heterocycles. The minimum absolute atomic E-state index is 0.164. The van der Waals surface area contributed by atoms with Crippen LogP contribution in [0.1, 0.15) is 48.1 Å². The van der Waals surface area contributed by atoms with E-state index < -0.39 is 0 Å². The third-order valence-corrected chi connectivity index (χ3v) is 5.84. The Hall–Kier alpha value is -1.59. The number of ether oxygens (including phenoxy) is 1. The lowest BCUT2D eigenvalue weighted by molar-refractivity contribution is 0.00934. The highest BCUT2D eigenvalue weighted by molar-refractivity contribution is 5.75. The molecule has 3 aliphatic rings. The van der Waals surface area contributed by atoms with Crippen LogP contribution in [0.5, 0.6) is 0 Å². The summed E-state index contributed by atoms with van der Waals surface area (Å²) in [5.74, 6) is 0. The molecule has 2 fully saturated rings. The number of carbonyl (C=O) groups excluding carboxylic acids is 1. The average Bonchev–Trinajstić information content (AvgIpc) is 3.15. The van der Waals surface area contributed by atoms with Crippen LogP contribution in [-0.2, 0) is 17.7 Å². The molecule has 4 rings (SSSR count). The van der Waals surface area contributed by atoms with Crippen LogP contribution < -0.4 is 5.32 Å². The summed E-state index contributed by atoms with van der Waals surface area (Å²) in [6, 6.07) is 5.43. The molecule has 1 aromatic rings. The van der Waals surface area contributed by atoms with E-state index in [0.717, 1.165) is 26.1 Å². The van der Waals surface area contributed by atoms with Crippen LogP contribution >= 0.6 is 0 Å². The van der Waals surface area contributed by atoms with Crippen molar-refractivity contribution < 1.29 is 9.53 Å². The SMILES string of the molecule is Cc1cc2c(c([C@@H]3CCCN3)c1)CN(C(=O)N1CCOC[C@@H]1C)CC2. The van der Waals surface area contributed by atoms with Crippen LogP contribution in [0.2, 0.25) is 0 Å². The van der Waals surface area contributed by atoms with Gasteiger partial charge in [-0.25, -0.2) is 4.79 Å². The van der Waals surface area contributed by atoms with Crippen LogP contribution in [-0.4, -0.2) is 54.7 Å². The Balaban J connectivity index is 1.58. The Kier molecular flexibility index (Phi) is 4.69. The maximum absolute atomic E-state index is 13.1. The van der Waals surface area contributed by atoms with Crippen LogP contribution in [0.3, 0.4) is 0 Å². The topological polar surface area (TPSA) is 44.8 Å². The molecule has 136 valence electrons. The predicted molar refractivity (Wildman–Crippen MR) is 97.7 cm³/mol. The maximum Gasteiger partial charge on any atom is 0.320 e. The quantitative estimate of drug-likeness (QED) is 0.852. The minimum Gasteiger partial charge on any atom is -0.377 e. The second-order valence-corrected chi connectivity index (χ2v) is 7.71. The first-order valence-corrected chi connectivity index (χ1v) is 9.62. The van der Waals surface area contributed by atoms with Gasteiger partial charge in [-0.2, -0.15) is 0 Å². The monoisotopic (exact) mass is 343 g/mol. The Morgan fingerprint density at radius 1 is 1.32 bits per heavy atom. The van der Waals surface area contributed by atoms with Crippen molar-refractivity contribution in [1.82, 2.24) is 15.1 Å². The van der Waals surface area contributed by atoms with Gasteiger partial charge in [0, 0.05) is 25.7 Å². The van der Waals surface area contributed by atoms with Gasteiger partial charge in [0.25, 0.3) is 0 Å². The summed E-state index contributed by atoms with van der Waals surface area (Å²) in [4.78, 5) is 17.1. The lowest BCUT2D eigenvalue weighted by Crippen LogP contribution is -2.53. The van der Waals surface area contributed by atoms with Gasteiger partial charge in [-0.1, -0.05) is 17.7 Å². The Morgan fingerprint density at radius 3 is 2.96 bits per heavy atom. The van der Waals surface area contributed by atoms with E-state index in [1.807, 2.05) is 9.80 Å². The fraction of sp³-hybridized carbons (Fsp3) is 0.650. The number of aryl methyl sites for hydroxylation is 1. The van der Waals surface area contributed by atoms with Crippen molar-refractivity contribution in [3.63, 3.8) is 0 Å². The van der Waals surface area contributed by atoms with Gasteiger partial charge in [0.15, 0.2) is 0 Å². The van der Waals surface area contributed by atoms with E-state index in [-0.39, 0.29) is 12.1 Å². The zero-order valence-electron chi connectivity index (χ0n) is 15.4. The molecular weight excluding hydrogens is 314 g/mol. The van der Waals surface area contributed by atoms with Gasteiger partial charge in [-0.3, -0.25) is 0 Å². The third kappa shape index (κ3) is 3.27. The largest absolute Gasteiger partial charge is 0.377 e. The van der Waals surface area contributed by atoms with Gasteiger partial charge in [0.2, 0.25) is 0 Å². The summed E-state index contributed by atoms with van der Waals surface area (Å²) in [5.41, 5.74) is 5.57. The summed E-state index contributed by atoms with van der Waals surface area (Å²) >= 11 is 0. The van der Waals surface area contributed by atoms with Gasteiger partial charge in [-0.05, 0) is 56.3 Å². The van der Waals surface area contributed by atoms with Gasteiger partial charge in [-0.15, -0.1) is 0 Å². The summed E-state index contributed by atoms with van der Waals surface area (Å²) in [7, 11) is 0. The number of rotatable bonds is 1. The zero-order valence-corrected chi connectivity index (χ0v) is 15.4. The second kappa shape index (κ2) is 6.96. The van der Waals surface area contributed by atoms with Gasteiger partial charge < -0.3 is 19.9 Å². The number of hydrogen-bond donors (Lipinski definition) is 1. The molecule has 1 aromatic carbocycles. The van der Waals surface area contributed by atoms with Crippen molar-refractivity contribution in [2.24, 2.45) is 0 Å². The van der Waals surface area contributed by atoms with Gasteiger partial charge in [0.05, 0.1) is 19.3 Å². The molecule has 0 aromatic heterocycles. The van der Waals surface area contributed by atoms with E-state index in [0.29, 0.717) is 25.8 Å². The van der Waals surface area contributed by atoms with Crippen molar-refractivity contribution in [3.8, 4) is 0 Å². The Labute approximate surface area is 150 Å². The van der Waals surface area contributed by atoms with Crippen LogP contribution in [0, 0.1) is 6.92 Å². The van der Waals surface area contributed by atoms with E-state index in [4.69, 9.17) is 4.74 Å². The number of urea groups is 1. The van der Waals surface area contributed by atoms with E-state index in [2.05, 4.69) is 31.3 Å². The van der Waals surface area contributed by atoms with E-state index in [1.54, 1.807) is 0 Å². The summed E-state index contributed by atoms with van der Waals surface area (Å²) in [5, 5.41) is 3.63. The lowest BCUT2D eigenvalue weighted by atomic mass is 9.89. The number of amides is 2. The first kappa shape index (κ1) is 16.9. The number of benzene rings is 1. The first-order chi connectivity index (χ1) is 12.1. The first-order valence-electron chi connectivity index (χ1n) is 9.62. The average molecular weight is 343 g/mol. The smallest absolute Gasteiger partial charge is 0.320 e. The van der Waals surface area contributed by atoms with Gasteiger partial charge in [0.1, 0.15) is 0 Å². The number of nitrogens with one attached hydrogen (secondary N) is 1. The van der Waals surface area contributed by atoms with E-state index in [9.17, 15) is 4.79 Å². The Bertz CT molecular complexity index is 655. The molecular formula is C20H29N3O2. The highest BCUT2D eigenvalue weighted by Gasteiger charge is 2.32. The fourth-order valence-electron chi connectivity index (χ4n) is 4.48. The normalized spacial score (nSPS) is 26.6. The maximum atomic E-state index is 13.1. The summed E-state index contributed by atoms with van der Waals surface area (Å²) < 4.78 is 5.48. The summed E-state index contributed by atoms with van der Waals surface area (Å²) in [6.07, 6.45) is 3.40. The van der Waals surface area contributed by atoms with E-state index in [1.165, 1.54) is 35.1 Å². The third-order valence-electron chi connectivity index (χ3n) is 5.84. The van der Waals surface area contributed by atoms with Crippen molar-refractivity contribution in [1.29, 1.82) is 0 Å². The van der Waals surface area contributed by atoms with Crippen LogP contribution in [0.4, 0.5) is 4.79 Å². The summed E-state index contributed by atoms with van der Waals surface area (Å²) in [6.45, 7) is 8.92. The molecule has 5 heteroatoms. The highest BCUT2D eigenvalue weighted by atomic mass is 16.5.